The first kappa shape index (κ1) is 16.3. The Kier molecular flexibility index (Phi) is 5.03. The van der Waals surface area contributed by atoms with Crippen LogP contribution in [0.25, 0.3) is 0 Å². The van der Waals surface area contributed by atoms with Gasteiger partial charge in [0.05, 0.1) is 11.9 Å². The Morgan fingerprint density at radius 2 is 1.73 bits per heavy atom. The molecule has 0 atom stereocenters. The van der Waals surface area contributed by atoms with E-state index in [4.69, 9.17) is 4.74 Å². The summed E-state index contributed by atoms with van der Waals surface area (Å²) in [6, 6.07) is 11.4. The zero-order valence-electron chi connectivity index (χ0n) is 12.7. The van der Waals surface area contributed by atoms with Crippen LogP contribution in [0.5, 0.6) is 0 Å². The largest absolute Gasteiger partial charge is 0.444 e. The van der Waals surface area contributed by atoms with Crippen LogP contribution in [0.4, 0.5) is 22.0 Å². The molecule has 0 bridgehead atoms. The smallest absolute Gasteiger partial charge is 0.413 e. The molecule has 22 heavy (non-hydrogen) atoms. The number of amides is 1. The highest BCUT2D eigenvalue weighted by atomic mass is 79.9. The summed E-state index contributed by atoms with van der Waals surface area (Å²) >= 11 is 3.39. The standard InChI is InChI=1S/C16H18BrN3O2/c1-16(2,3)22-15(21)20-14-9-8-13(10-18-14)19-12-6-4-11(17)5-7-12/h4-10,19H,1-3H3,(H,18,20,21). The van der Waals surface area contributed by atoms with Gasteiger partial charge in [0, 0.05) is 10.2 Å². The van der Waals surface area contributed by atoms with Crippen LogP contribution < -0.4 is 10.6 Å². The molecular formula is C16H18BrN3O2. The van der Waals surface area contributed by atoms with E-state index in [1.807, 2.05) is 51.1 Å². The van der Waals surface area contributed by atoms with E-state index in [0.29, 0.717) is 5.82 Å². The molecule has 2 rings (SSSR count). The predicted molar refractivity (Wildman–Crippen MR) is 91.5 cm³/mol. The molecule has 0 saturated carbocycles. The van der Waals surface area contributed by atoms with E-state index >= 15 is 0 Å². The minimum atomic E-state index is -0.535. The van der Waals surface area contributed by atoms with Crippen molar-refractivity contribution in [1.82, 2.24) is 4.98 Å². The van der Waals surface area contributed by atoms with Gasteiger partial charge < -0.3 is 10.1 Å². The molecule has 5 nitrogen and oxygen atoms in total. The fraction of sp³-hybridized carbons (Fsp3) is 0.250. The van der Waals surface area contributed by atoms with Crippen LogP contribution in [0.2, 0.25) is 0 Å². The first-order valence-electron chi connectivity index (χ1n) is 6.80. The average Bonchev–Trinajstić information content (AvgIpc) is 2.41. The van der Waals surface area contributed by atoms with Crippen LogP contribution >= 0.6 is 15.9 Å². The van der Waals surface area contributed by atoms with Gasteiger partial charge in [0.1, 0.15) is 11.4 Å². The van der Waals surface area contributed by atoms with E-state index in [2.05, 4.69) is 31.5 Å². The molecule has 1 aromatic heterocycles. The van der Waals surface area contributed by atoms with E-state index in [1.54, 1.807) is 12.3 Å². The second-order valence-electron chi connectivity index (χ2n) is 5.69. The number of nitrogens with zero attached hydrogens (tertiary/aromatic N) is 1. The van der Waals surface area contributed by atoms with Crippen molar-refractivity contribution in [3.63, 3.8) is 0 Å². The quantitative estimate of drug-likeness (QED) is 0.810. The van der Waals surface area contributed by atoms with Crippen LogP contribution in [0.3, 0.4) is 0 Å². The Morgan fingerprint density at radius 3 is 2.27 bits per heavy atom. The van der Waals surface area contributed by atoms with Crippen LogP contribution in [0.1, 0.15) is 20.8 Å². The Morgan fingerprint density at radius 1 is 1.09 bits per heavy atom. The van der Waals surface area contributed by atoms with Crippen LogP contribution in [0.15, 0.2) is 47.1 Å². The maximum atomic E-state index is 11.6. The molecular weight excluding hydrogens is 346 g/mol. The number of aromatic nitrogens is 1. The van der Waals surface area contributed by atoms with Crippen molar-refractivity contribution < 1.29 is 9.53 Å². The van der Waals surface area contributed by atoms with Gasteiger partial charge in [-0.2, -0.15) is 0 Å². The fourth-order valence-corrected chi connectivity index (χ4v) is 1.91. The summed E-state index contributed by atoms with van der Waals surface area (Å²) in [4.78, 5) is 15.8. The lowest BCUT2D eigenvalue weighted by Gasteiger charge is -2.19. The number of ether oxygens (including phenoxy) is 1. The number of carbonyl (C=O) groups excluding carboxylic acids is 1. The van der Waals surface area contributed by atoms with E-state index < -0.39 is 11.7 Å². The van der Waals surface area contributed by atoms with E-state index in [-0.39, 0.29) is 0 Å². The summed E-state index contributed by atoms with van der Waals surface area (Å²) < 4.78 is 6.19. The lowest BCUT2D eigenvalue weighted by molar-refractivity contribution is 0.0635. The Bertz CT molecular complexity index is 634. The van der Waals surface area contributed by atoms with Gasteiger partial charge in [-0.05, 0) is 57.2 Å². The molecule has 2 N–H and O–H groups in total. The molecule has 1 heterocycles. The van der Waals surface area contributed by atoms with Crippen LogP contribution in [-0.2, 0) is 4.74 Å². The van der Waals surface area contributed by atoms with Crippen molar-refractivity contribution in [2.24, 2.45) is 0 Å². The number of carbonyl (C=O) groups is 1. The molecule has 6 heteroatoms. The predicted octanol–water partition coefficient (Wildman–Crippen LogP) is 4.93. The molecule has 1 amide bonds. The number of anilines is 3. The first-order valence-corrected chi connectivity index (χ1v) is 7.60. The third-order valence-corrected chi connectivity index (χ3v) is 3.05. The normalized spacial score (nSPS) is 10.9. The molecule has 2 aromatic rings. The summed E-state index contributed by atoms with van der Waals surface area (Å²) in [5.74, 6) is 0.440. The number of halogens is 1. The molecule has 0 radical (unpaired) electrons. The molecule has 0 fully saturated rings. The third kappa shape index (κ3) is 5.37. The van der Waals surface area contributed by atoms with Crippen molar-refractivity contribution in [1.29, 1.82) is 0 Å². The number of pyridine rings is 1. The highest BCUT2D eigenvalue weighted by molar-refractivity contribution is 9.10. The summed E-state index contributed by atoms with van der Waals surface area (Å²) in [7, 11) is 0. The zero-order valence-corrected chi connectivity index (χ0v) is 14.3. The first-order chi connectivity index (χ1) is 10.3. The van der Waals surface area contributed by atoms with Gasteiger partial charge in [0.25, 0.3) is 0 Å². The van der Waals surface area contributed by atoms with E-state index in [0.717, 1.165) is 15.8 Å². The summed E-state index contributed by atoms with van der Waals surface area (Å²) in [5, 5.41) is 5.81. The maximum absolute atomic E-state index is 11.6. The molecule has 0 saturated heterocycles. The molecule has 0 unspecified atom stereocenters. The molecule has 1 aromatic carbocycles. The second kappa shape index (κ2) is 6.79. The summed E-state index contributed by atoms with van der Waals surface area (Å²) in [6.07, 6.45) is 1.13. The summed E-state index contributed by atoms with van der Waals surface area (Å²) in [5.41, 5.74) is 1.25. The topological polar surface area (TPSA) is 63.2 Å². The molecule has 0 aliphatic carbocycles. The number of nitrogens with one attached hydrogen (secondary N) is 2. The van der Waals surface area contributed by atoms with Gasteiger partial charge in [-0.3, -0.25) is 5.32 Å². The molecule has 0 aliphatic heterocycles. The van der Waals surface area contributed by atoms with E-state index in [1.165, 1.54) is 0 Å². The van der Waals surface area contributed by atoms with Crippen molar-refractivity contribution in [3.05, 3.63) is 47.1 Å². The van der Waals surface area contributed by atoms with E-state index in [9.17, 15) is 4.79 Å². The Hall–Kier alpha value is -2.08. The van der Waals surface area contributed by atoms with Gasteiger partial charge in [-0.25, -0.2) is 9.78 Å². The summed E-state index contributed by atoms with van der Waals surface area (Å²) in [6.45, 7) is 5.43. The minimum Gasteiger partial charge on any atom is -0.444 e. The van der Waals surface area contributed by atoms with Crippen molar-refractivity contribution in [2.75, 3.05) is 10.6 Å². The average molecular weight is 364 g/mol. The van der Waals surface area contributed by atoms with Crippen molar-refractivity contribution in [3.8, 4) is 0 Å². The van der Waals surface area contributed by atoms with Crippen LogP contribution in [0, 0.1) is 0 Å². The lowest BCUT2D eigenvalue weighted by Crippen LogP contribution is -2.27. The number of hydrogen-bond donors (Lipinski definition) is 2. The van der Waals surface area contributed by atoms with Crippen molar-refractivity contribution >= 4 is 39.2 Å². The SMILES string of the molecule is CC(C)(C)OC(=O)Nc1ccc(Nc2ccc(Br)cc2)cn1. The molecule has 116 valence electrons. The van der Waals surface area contributed by atoms with Crippen molar-refractivity contribution in [2.45, 2.75) is 26.4 Å². The molecule has 0 spiro atoms. The van der Waals surface area contributed by atoms with Gasteiger partial charge in [0.2, 0.25) is 0 Å². The highest BCUT2D eigenvalue weighted by Crippen LogP contribution is 2.19. The Labute approximate surface area is 138 Å². The number of rotatable bonds is 3. The van der Waals surface area contributed by atoms with Gasteiger partial charge in [0.15, 0.2) is 0 Å². The third-order valence-electron chi connectivity index (χ3n) is 2.53. The minimum absolute atomic E-state index is 0.440. The number of hydrogen-bond acceptors (Lipinski definition) is 4. The maximum Gasteiger partial charge on any atom is 0.413 e. The van der Waals surface area contributed by atoms with Crippen LogP contribution in [-0.4, -0.2) is 16.7 Å². The van der Waals surface area contributed by atoms with Gasteiger partial charge in [-0.1, -0.05) is 15.9 Å². The Balaban J connectivity index is 1.95. The van der Waals surface area contributed by atoms with Gasteiger partial charge in [-0.15, -0.1) is 0 Å². The lowest BCUT2D eigenvalue weighted by atomic mass is 10.2. The van der Waals surface area contributed by atoms with Gasteiger partial charge >= 0.3 is 6.09 Å². The zero-order chi connectivity index (χ0) is 16.2. The fourth-order valence-electron chi connectivity index (χ4n) is 1.65. The monoisotopic (exact) mass is 363 g/mol. The second-order valence-corrected chi connectivity index (χ2v) is 6.61. The number of benzene rings is 1. The highest BCUT2D eigenvalue weighted by Gasteiger charge is 2.16. The molecule has 0 aliphatic rings.